The van der Waals surface area contributed by atoms with Crippen LogP contribution in [0.25, 0.3) is 0 Å². The number of carboxylic acids is 1. The summed E-state index contributed by atoms with van der Waals surface area (Å²) >= 11 is 0. The van der Waals surface area contributed by atoms with Crippen molar-refractivity contribution in [3.05, 3.63) is 0 Å². The Kier molecular flexibility index (Phi) is 2.72. The molecule has 3 heterocycles. The number of carbonyl (C=O) groups excluding carboxylic acids is 1. The van der Waals surface area contributed by atoms with Gasteiger partial charge in [-0.05, 0) is 27.7 Å². The maximum Gasteiger partial charge on any atom is 0.190 e. The molecule has 0 N–H and O–H groups in total. The average molecular weight is 273 g/mol. The van der Waals surface area contributed by atoms with Gasteiger partial charge >= 0.3 is 0 Å². The molecule has 3 aliphatic heterocycles. The van der Waals surface area contributed by atoms with Crippen LogP contribution in [0.5, 0.6) is 0 Å². The summed E-state index contributed by atoms with van der Waals surface area (Å²) in [6.07, 6.45) is -3.86. The van der Waals surface area contributed by atoms with Crippen LogP contribution >= 0.6 is 0 Å². The number of rotatable bonds is 1. The van der Waals surface area contributed by atoms with Crippen LogP contribution in [0.2, 0.25) is 0 Å². The number of carboxylic acid groups (broad SMARTS) is 1. The minimum absolute atomic E-state index is 0.516. The molecule has 5 atom stereocenters. The van der Waals surface area contributed by atoms with Gasteiger partial charge in [0.2, 0.25) is 0 Å². The summed E-state index contributed by atoms with van der Waals surface area (Å²) in [5.74, 6) is -3.09. The molecule has 19 heavy (non-hydrogen) atoms. The molecule has 0 amide bonds. The van der Waals surface area contributed by atoms with Crippen LogP contribution in [0.4, 0.5) is 0 Å². The molecular weight excluding hydrogens is 256 g/mol. The Morgan fingerprint density at radius 1 is 0.895 bits per heavy atom. The summed E-state index contributed by atoms with van der Waals surface area (Å²) in [7, 11) is 0. The number of hydrogen-bond acceptors (Lipinski definition) is 7. The first-order chi connectivity index (χ1) is 8.69. The highest BCUT2D eigenvalue weighted by Crippen LogP contribution is 2.43. The standard InChI is InChI=1S/C12H18O7/c1-11(2)16-5-6(17-11)8-10(15-7(5)9(13)14)19-12(3,4)18-8/h5-8,10H,1-4H3,(H,13,14)/p-1/t5-,6+,7-,8-,10+/m1/s1. The Balaban J connectivity index is 1.91. The zero-order valence-electron chi connectivity index (χ0n) is 11.2. The Hall–Kier alpha value is -0.730. The Morgan fingerprint density at radius 3 is 2.05 bits per heavy atom. The molecule has 0 aromatic heterocycles. The van der Waals surface area contributed by atoms with Gasteiger partial charge in [-0.25, -0.2) is 0 Å². The third kappa shape index (κ3) is 2.15. The first kappa shape index (κ1) is 13.3. The number of ether oxygens (including phenoxy) is 5. The second kappa shape index (κ2) is 3.89. The van der Waals surface area contributed by atoms with Crippen LogP contribution in [0.1, 0.15) is 27.7 Å². The highest BCUT2D eigenvalue weighted by Gasteiger charge is 2.60. The summed E-state index contributed by atoms with van der Waals surface area (Å²) in [5, 5.41) is 11.2. The number of aliphatic carboxylic acids is 1. The van der Waals surface area contributed by atoms with E-state index in [1.807, 2.05) is 0 Å². The normalized spacial score (nSPS) is 46.6. The van der Waals surface area contributed by atoms with Crippen LogP contribution in [0.15, 0.2) is 0 Å². The van der Waals surface area contributed by atoms with Crippen molar-refractivity contribution in [2.24, 2.45) is 0 Å². The second-order valence-corrected chi connectivity index (χ2v) is 5.91. The molecule has 0 aliphatic carbocycles. The van der Waals surface area contributed by atoms with Gasteiger partial charge in [0.05, 0.1) is 5.97 Å². The SMILES string of the molecule is CC1(C)O[C@H]2[C@@H](O1)[C@H](C(=O)[O-])O[C@H]1OC(C)(C)O[C@@H]12. The van der Waals surface area contributed by atoms with Gasteiger partial charge in [-0.2, -0.15) is 0 Å². The number of hydrogen-bond donors (Lipinski definition) is 0. The zero-order chi connectivity index (χ0) is 14.0. The van der Waals surface area contributed by atoms with Crippen molar-refractivity contribution in [2.75, 3.05) is 0 Å². The van der Waals surface area contributed by atoms with Crippen LogP contribution < -0.4 is 5.11 Å². The molecule has 3 rings (SSSR count). The summed E-state index contributed by atoms with van der Waals surface area (Å²) in [4.78, 5) is 11.2. The second-order valence-electron chi connectivity index (χ2n) is 5.91. The maximum absolute atomic E-state index is 11.2. The van der Waals surface area contributed by atoms with Gasteiger partial charge in [0.1, 0.15) is 24.4 Å². The fourth-order valence-corrected chi connectivity index (χ4v) is 2.80. The van der Waals surface area contributed by atoms with Crippen molar-refractivity contribution in [3.8, 4) is 0 Å². The molecule has 3 aliphatic rings. The van der Waals surface area contributed by atoms with Gasteiger partial charge < -0.3 is 33.6 Å². The van der Waals surface area contributed by atoms with Crippen molar-refractivity contribution in [1.82, 2.24) is 0 Å². The molecule has 0 unspecified atom stereocenters. The lowest BCUT2D eigenvalue weighted by Crippen LogP contribution is -2.60. The quantitative estimate of drug-likeness (QED) is 0.614. The first-order valence-electron chi connectivity index (χ1n) is 6.26. The van der Waals surface area contributed by atoms with E-state index in [2.05, 4.69) is 0 Å². The molecule has 108 valence electrons. The zero-order valence-corrected chi connectivity index (χ0v) is 11.2. The highest BCUT2D eigenvalue weighted by molar-refractivity contribution is 5.71. The van der Waals surface area contributed by atoms with E-state index in [1.165, 1.54) is 0 Å². The van der Waals surface area contributed by atoms with Crippen molar-refractivity contribution in [3.63, 3.8) is 0 Å². The van der Waals surface area contributed by atoms with Crippen molar-refractivity contribution < 1.29 is 33.6 Å². The van der Waals surface area contributed by atoms with Crippen LogP contribution in [-0.2, 0) is 28.5 Å². The van der Waals surface area contributed by atoms with Crippen molar-refractivity contribution >= 4 is 5.97 Å². The molecule has 0 saturated carbocycles. The van der Waals surface area contributed by atoms with Crippen LogP contribution in [-0.4, -0.2) is 48.2 Å². The molecule has 0 aromatic rings. The highest BCUT2D eigenvalue weighted by atomic mass is 16.9. The van der Waals surface area contributed by atoms with E-state index in [1.54, 1.807) is 27.7 Å². The van der Waals surface area contributed by atoms with Crippen LogP contribution in [0, 0.1) is 0 Å². The van der Waals surface area contributed by atoms with Crippen molar-refractivity contribution in [2.45, 2.75) is 70.0 Å². The molecule has 7 heteroatoms. The predicted octanol–water partition coefficient (Wildman–Crippen LogP) is -0.867. The lowest BCUT2D eigenvalue weighted by molar-refractivity contribution is -0.334. The molecule has 0 radical (unpaired) electrons. The van der Waals surface area contributed by atoms with E-state index < -0.39 is 48.2 Å². The van der Waals surface area contributed by atoms with Gasteiger partial charge in [-0.15, -0.1) is 0 Å². The van der Waals surface area contributed by atoms with E-state index >= 15 is 0 Å². The predicted molar refractivity (Wildman–Crippen MR) is 57.5 cm³/mol. The molecule has 3 fully saturated rings. The van der Waals surface area contributed by atoms with Gasteiger partial charge in [0.25, 0.3) is 0 Å². The van der Waals surface area contributed by atoms with Crippen LogP contribution in [0.3, 0.4) is 0 Å². The Bertz CT molecular complexity index is 405. The third-order valence-electron chi connectivity index (χ3n) is 3.39. The third-order valence-corrected chi connectivity index (χ3v) is 3.39. The van der Waals surface area contributed by atoms with E-state index in [-0.39, 0.29) is 0 Å². The monoisotopic (exact) mass is 273 g/mol. The Morgan fingerprint density at radius 2 is 1.42 bits per heavy atom. The van der Waals surface area contributed by atoms with E-state index in [9.17, 15) is 9.90 Å². The van der Waals surface area contributed by atoms with E-state index in [0.717, 1.165) is 0 Å². The summed E-state index contributed by atoms with van der Waals surface area (Å²) < 4.78 is 28.0. The number of fused-ring (bicyclic) bond motifs is 3. The van der Waals surface area contributed by atoms with E-state index in [4.69, 9.17) is 23.7 Å². The molecule has 7 nitrogen and oxygen atoms in total. The smallest absolute Gasteiger partial charge is 0.190 e. The van der Waals surface area contributed by atoms with Gasteiger partial charge in [-0.1, -0.05) is 0 Å². The van der Waals surface area contributed by atoms with Gasteiger partial charge in [-0.3, -0.25) is 0 Å². The van der Waals surface area contributed by atoms with Gasteiger partial charge in [0, 0.05) is 0 Å². The molecule has 0 spiro atoms. The van der Waals surface area contributed by atoms with Crippen molar-refractivity contribution in [1.29, 1.82) is 0 Å². The molecular formula is C12H17O7-. The fourth-order valence-electron chi connectivity index (χ4n) is 2.80. The number of carbonyl (C=O) groups is 1. The van der Waals surface area contributed by atoms with E-state index in [0.29, 0.717) is 0 Å². The lowest BCUT2D eigenvalue weighted by Gasteiger charge is -2.37. The molecule has 3 saturated heterocycles. The van der Waals surface area contributed by atoms with Gasteiger partial charge in [0.15, 0.2) is 17.9 Å². The summed E-state index contributed by atoms with van der Waals surface area (Å²) in [6, 6.07) is 0. The average Bonchev–Trinajstić information content (AvgIpc) is 2.70. The minimum atomic E-state index is -1.34. The topological polar surface area (TPSA) is 86.3 Å². The Labute approximate surface area is 110 Å². The lowest BCUT2D eigenvalue weighted by atomic mass is 9.99. The summed E-state index contributed by atoms with van der Waals surface area (Å²) in [6.45, 7) is 6.90. The molecule has 0 aromatic carbocycles. The fraction of sp³-hybridized carbons (Fsp3) is 0.917. The maximum atomic E-state index is 11.2. The minimum Gasteiger partial charge on any atom is -0.547 e. The molecule has 0 bridgehead atoms. The largest absolute Gasteiger partial charge is 0.547 e. The first-order valence-corrected chi connectivity index (χ1v) is 6.26. The summed E-state index contributed by atoms with van der Waals surface area (Å²) in [5.41, 5.74) is 0.